The van der Waals surface area contributed by atoms with E-state index in [1.165, 1.54) is 4.90 Å². The van der Waals surface area contributed by atoms with Crippen LogP contribution in [-0.4, -0.2) is 23.8 Å². The van der Waals surface area contributed by atoms with Gasteiger partial charge in [-0.2, -0.15) is 0 Å². The summed E-state index contributed by atoms with van der Waals surface area (Å²) in [5.41, 5.74) is 0.676. The van der Waals surface area contributed by atoms with Gasteiger partial charge in [0.15, 0.2) is 0 Å². The number of carbonyl (C=O) groups is 1. The third-order valence-corrected chi connectivity index (χ3v) is 2.66. The Morgan fingerprint density at radius 2 is 1.94 bits per heavy atom. The highest BCUT2D eigenvalue weighted by Gasteiger charge is 2.19. The van der Waals surface area contributed by atoms with Crippen molar-refractivity contribution in [2.45, 2.75) is 33.2 Å². The number of rotatable bonds is 5. The number of hydrogen-bond donors (Lipinski definition) is 1. The van der Waals surface area contributed by atoms with E-state index in [-0.39, 0.29) is 6.04 Å². The molecule has 4 heteroatoms. The Hall–Kier alpha value is -1.71. The number of amides is 1. The van der Waals surface area contributed by atoms with E-state index in [2.05, 4.69) is 0 Å². The van der Waals surface area contributed by atoms with Crippen molar-refractivity contribution < 1.29 is 14.6 Å². The third kappa shape index (κ3) is 3.37. The molecule has 1 rings (SSSR count). The first-order valence-electron chi connectivity index (χ1n) is 5.85. The fraction of sp³-hybridized carbons (Fsp3) is 0.462. The number of ether oxygens (including phenoxy) is 1. The molecule has 0 aliphatic rings. The van der Waals surface area contributed by atoms with Gasteiger partial charge >= 0.3 is 6.09 Å². The molecular formula is C13H19NO3. The molecule has 1 N–H and O–H groups in total. The van der Waals surface area contributed by atoms with Crippen molar-refractivity contribution >= 4 is 11.8 Å². The van der Waals surface area contributed by atoms with E-state index in [0.29, 0.717) is 12.3 Å². The monoisotopic (exact) mass is 237 g/mol. The van der Waals surface area contributed by atoms with Crippen molar-refractivity contribution in [3.63, 3.8) is 0 Å². The predicted molar refractivity (Wildman–Crippen MR) is 67.9 cm³/mol. The molecule has 0 bridgehead atoms. The fourth-order valence-corrected chi connectivity index (χ4v) is 1.61. The van der Waals surface area contributed by atoms with Crippen molar-refractivity contribution in [2.24, 2.45) is 0 Å². The van der Waals surface area contributed by atoms with Crippen LogP contribution in [0.25, 0.3) is 0 Å². The molecule has 1 aromatic carbocycles. The molecule has 1 unspecified atom stereocenters. The lowest BCUT2D eigenvalue weighted by Crippen LogP contribution is -2.37. The molecule has 0 aromatic heterocycles. The number of nitrogens with zero attached hydrogens (tertiary/aromatic N) is 1. The van der Waals surface area contributed by atoms with Crippen LogP contribution in [0.3, 0.4) is 0 Å². The van der Waals surface area contributed by atoms with Crippen LogP contribution >= 0.6 is 0 Å². The Labute approximate surface area is 102 Å². The Bertz CT molecular complexity index is 361. The first kappa shape index (κ1) is 13.4. The molecule has 0 aliphatic carbocycles. The molecule has 0 spiro atoms. The van der Waals surface area contributed by atoms with Gasteiger partial charge in [-0.05, 0) is 44.5 Å². The molecule has 1 atom stereocenters. The molecule has 4 nitrogen and oxygen atoms in total. The highest BCUT2D eigenvalue weighted by atomic mass is 16.5. The van der Waals surface area contributed by atoms with Gasteiger partial charge in [0.05, 0.1) is 6.61 Å². The lowest BCUT2D eigenvalue weighted by molar-refractivity contribution is 0.199. The second-order valence-electron chi connectivity index (χ2n) is 3.84. The molecule has 0 fully saturated rings. The van der Waals surface area contributed by atoms with Crippen molar-refractivity contribution in [1.82, 2.24) is 0 Å². The summed E-state index contributed by atoms with van der Waals surface area (Å²) in [5.74, 6) is 0.755. The van der Waals surface area contributed by atoms with Gasteiger partial charge in [0.1, 0.15) is 5.75 Å². The van der Waals surface area contributed by atoms with Crippen LogP contribution in [0.15, 0.2) is 24.3 Å². The minimum atomic E-state index is -0.927. The van der Waals surface area contributed by atoms with Gasteiger partial charge in [-0.25, -0.2) is 4.79 Å². The van der Waals surface area contributed by atoms with Crippen LogP contribution in [0.1, 0.15) is 27.2 Å². The zero-order valence-electron chi connectivity index (χ0n) is 10.5. The van der Waals surface area contributed by atoms with Gasteiger partial charge < -0.3 is 9.84 Å². The summed E-state index contributed by atoms with van der Waals surface area (Å²) in [6.45, 7) is 6.38. The van der Waals surface area contributed by atoms with Crippen LogP contribution in [0.2, 0.25) is 0 Å². The minimum Gasteiger partial charge on any atom is -0.494 e. The highest BCUT2D eigenvalue weighted by molar-refractivity contribution is 5.86. The third-order valence-electron chi connectivity index (χ3n) is 2.66. The van der Waals surface area contributed by atoms with Gasteiger partial charge in [0.2, 0.25) is 0 Å². The van der Waals surface area contributed by atoms with Gasteiger partial charge in [-0.1, -0.05) is 6.92 Å². The van der Waals surface area contributed by atoms with Crippen molar-refractivity contribution in [3.8, 4) is 5.75 Å². The van der Waals surface area contributed by atoms with Gasteiger partial charge in [0, 0.05) is 11.7 Å². The number of benzene rings is 1. The quantitative estimate of drug-likeness (QED) is 0.854. The van der Waals surface area contributed by atoms with E-state index in [0.717, 1.165) is 12.2 Å². The first-order valence-corrected chi connectivity index (χ1v) is 5.85. The molecule has 17 heavy (non-hydrogen) atoms. The predicted octanol–water partition coefficient (Wildman–Crippen LogP) is 3.37. The van der Waals surface area contributed by atoms with Gasteiger partial charge in [-0.15, -0.1) is 0 Å². The van der Waals surface area contributed by atoms with E-state index in [1.54, 1.807) is 24.3 Å². The zero-order chi connectivity index (χ0) is 12.8. The van der Waals surface area contributed by atoms with Crippen LogP contribution in [0.5, 0.6) is 5.75 Å². The normalized spacial score (nSPS) is 11.9. The molecule has 0 radical (unpaired) electrons. The van der Waals surface area contributed by atoms with Crippen LogP contribution in [0.4, 0.5) is 10.5 Å². The molecule has 1 aromatic rings. The summed E-state index contributed by atoms with van der Waals surface area (Å²) in [6.07, 6.45) is -0.150. The lowest BCUT2D eigenvalue weighted by atomic mass is 10.2. The number of anilines is 1. The summed E-state index contributed by atoms with van der Waals surface area (Å²) in [4.78, 5) is 12.6. The SMILES string of the molecule is CCOc1ccc(N(C(=O)O)C(C)CC)cc1. The molecule has 94 valence electrons. The Balaban J connectivity index is 2.91. The second kappa shape index (κ2) is 6.13. The van der Waals surface area contributed by atoms with Crippen molar-refractivity contribution in [2.75, 3.05) is 11.5 Å². The standard InChI is InChI=1S/C13H19NO3/c1-4-10(3)14(13(15)16)11-6-8-12(9-7-11)17-5-2/h6-10H,4-5H2,1-3H3,(H,15,16). The topological polar surface area (TPSA) is 49.8 Å². The summed E-state index contributed by atoms with van der Waals surface area (Å²) >= 11 is 0. The second-order valence-corrected chi connectivity index (χ2v) is 3.84. The average Bonchev–Trinajstić information content (AvgIpc) is 2.31. The largest absolute Gasteiger partial charge is 0.494 e. The summed E-state index contributed by atoms with van der Waals surface area (Å²) in [6, 6.07) is 7.08. The molecule has 0 heterocycles. The van der Waals surface area contributed by atoms with Crippen LogP contribution < -0.4 is 9.64 Å². The summed E-state index contributed by atoms with van der Waals surface area (Å²) in [5, 5.41) is 9.20. The lowest BCUT2D eigenvalue weighted by Gasteiger charge is -2.25. The van der Waals surface area contributed by atoms with Crippen LogP contribution in [-0.2, 0) is 0 Å². The number of hydrogen-bond acceptors (Lipinski definition) is 2. The molecular weight excluding hydrogens is 218 g/mol. The summed E-state index contributed by atoms with van der Waals surface area (Å²) in [7, 11) is 0. The van der Waals surface area contributed by atoms with E-state index in [1.807, 2.05) is 20.8 Å². The first-order chi connectivity index (χ1) is 8.10. The summed E-state index contributed by atoms with van der Waals surface area (Å²) < 4.78 is 5.32. The van der Waals surface area contributed by atoms with E-state index < -0.39 is 6.09 Å². The minimum absolute atomic E-state index is 0.0366. The Morgan fingerprint density at radius 1 is 1.35 bits per heavy atom. The molecule has 1 amide bonds. The number of carboxylic acid groups (broad SMARTS) is 1. The van der Waals surface area contributed by atoms with E-state index in [9.17, 15) is 9.90 Å². The smallest absolute Gasteiger partial charge is 0.412 e. The Morgan fingerprint density at radius 3 is 2.35 bits per heavy atom. The molecule has 0 saturated carbocycles. The maximum Gasteiger partial charge on any atom is 0.412 e. The molecule has 0 saturated heterocycles. The van der Waals surface area contributed by atoms with Gasteiger partial charge in [0.25, 0.3) is 0 Å². The molecule has 0 aliphatic heterocycles. The van der Waals surface area contributed by atoms with Crippen LogP contribution in [0, 0.1) is 0 Å². The zero-order valence-corrected chi connectivity index (χ0v) is 10.5. The maximum atomic E-state index is 11.2. The Kier molecular flexibility index (Phi) is 4.82. The van der Waals surface area contributed by atoms with E-state index >= 15 is 0 Å². The average molecular weight is 237 g/mol. The van der Waals surface area contributed by atoms with Crippen molar-refractivity contribution in [1.29, 1.82) is 0 Å². The van der Waals surface area contributed by atoms with Crippen molar-refractivity contribution in [3.05, 3.63) is 24.3 Å². The highest BCUT2D eigenvalue weighted by Crippen LogP contribution is 2.22. The fourth-order valence-electron chi connectivity index (χ4n) is 1.61. The van der Waals surface area contributed by atoms with Gasteiger partial charge in [-0.3, -0.25) is 4.90 Å². The van der Waals surface area contributed by atoms with E-state index in [4.69, 9.17) is 4.74 Å². The maximum absolute atomic E-state index is 11.2.